The maximum Gasteiger partial charge on any atom is 0.243 e. The maximum absolute atomic E-state index is 13.4. The number of piperidine rings is 1. The number of carbonyl (C=O) groups is 1. The van der Waals surface area contributed by atoms with E-state index in [9.17, 15) is 17.6 Å². The molecule has 2 aliphatic rings. The zero-order valence-corrected chi connectivity index (χ0v) is 18.2. The van der Waals surface area contributed by atoms with Crippen molar-refractivity contribution in [3.63, 3.8) is 0 Å². The molecule has 1 saturated heterocycles. The Balaban J connectivity index is 1.44. The molecule has 0 bridgehead atoms. The van der Waals surface area contributed by atoms with E-state index in [0.717, 1.165) is 30.7 Å². The zero-order chi connectivity index (χ0) is 21.5. The lowest BCUT2D eigenvalue weighted by Crippen LogP contribution is -2.45. The third kappa shape index (κ3) is 4.13. The van der Waals surface area contributed by atoms with Crippen LogP contribution in [0, 0.1) is 11.7 Å². The standard InChI is InChI=1S/C21H24ClFN2O4S/c1-14(20-3-2-12-29-20)25(16-4-5-16)21(26)15-8-10-24(11-9-15)30(27,28)17-6-7-19(23)18(22)13-17/h2-3,6-7,12-16H,4-5,8-11H2,1H3. The fraction of sp³-hybridized carbons (Fsp3) is 0.476. The molecule has 0 spiro atoms. The Hall–Kier alpha value is -1.90. The van der Waals surface area contributed by atoms with Crippen LogP contribution in [0.2, 0.25) is 5.02 Å². The maximum atomic E-state index is 13.4. The second-order valence-electron chi connectivity index (χ2n) is 7.92. The van der Waals surface area contributed by atoms with E-state index in [2.05, 4.69) is 0 Å². The van der Waals surface area contributed by atoms with E-state index in [-0.39, 0.29) is 46.9 Å². The topological polar surface area (TPSA) is 70.8 Å². The van der Waals surface area contributed by atoms with E-state index in [4.69, 9.17) is 16.0 Å². The first kappa shape index (κ1) is 21.3. The molecule has 1 atom stereocenters. The van der Waals surface area contributed by atoms with E-state index in [1.807, 2.05) is 24.0 Å². The van der Waals surface area contributed by atoms with Crippen molar-refractivity contribution in [2.24, 2.45) is 5.92 Å². The van der Waals surface area contributed by atoms with Crippen molar-refractivity contribution in [2.75, 3.05) is 13.1 Å². The number of benzene rings is 1. The van der Waals surface area contributed by atoms with E-state index >= 15 is 0 Å². The van der Waals surface area contributed by atoms with Crippen LogP contribution < -0.4 is 0 Å². The molecule has 2 fully saturated rings. The van der Waals surface area contributed by atoms with Gasteiger partial charge in [-0.05, 0) is 62.9 Å². The molecule has 0 N–H and O–H groups in total. The van der Waals surface area contributed by atoms with Crippen LogP contribution in [0.5, 0.6) is 0 Å². The number of hydrogen-bond acceptors (Lipinski definition) is 4. The van der Waals surface area contributed by atoms with Crippen LogP contribution in [0.1, 0.15) is 44.4 Å². The number of carbonyl (C=O) groups excluding carboxylic acids is 1. The molecular formula is C21H24ClFN2O4S. The lowest BCUT2D eigenvalue weighted by Gasteiger charge is -2.36. The summed E-state index contributed by atoms with van der Waals surface area (Å²) in [6, 6.07) is 7.15. The molecule has 1 unspecified atom stereocenters. The van der Waals surface area contributed by atoms with Crippen molar-refractivity contribution < 1.29 is 22.0 Å². The number of rotatable bonds is 6. The summed E-state index contributed by atoms with van der Waals surface area (Å²) in [7, 11) is -3.78. The van der Waals surface area contributed by atoms with E-state index in [1.54, 1.807) is 6.26 Å². The summed E-state index contributed by atoms with van der Waals surface area (Å²) >= 11 is 5.75. The average molecular weight is 455 g/mol. The first-order valence-electron chi connectivity index (χ1n) is 10.1. The van der Waals surface area contributed by atoms with Crippen LogP contribution >= 0.6 is 11.6 Å². The molecule has 6 nitrogen and oxygen atoms in total. The van der Waals surface area contributed by atoms with E-state index in [1.165, 1.54) is 10.4 Å². The van der Waals surface area contributed by atoms with Crippen molar-refractivity contribution in [3.8, 4) is 0 Å². The monoisotopic (exact) mass is 454 g/mol. The largest absolute Gasteiger partial charge is 0.467 e. The Morgan fingerprint density at radius 3 is 2.50 bits per heavy atom. The first-order valence-corrected chi connectivity index (χ1v) is 11.9. The summed E-state index contributed by atoms with van der Waals surface area (Å²) in [5.74, 6) is -0.0799. The second-order valence-corrected chi connectivity index (χ2v) is 10.3. The van der Waals surface area contributed by atoms with Gasteiger partial charge in [0, 0.05) is 25.0 Å². The van der Waals surface area contributed by atoms with Gasteiger partial charge in [-0.15, -0.1) is 0 Å². The predicted molar refractivity (Wildman–Crippen MR) is 110 cm³/mol. The third-order valence-corrected chi connectivity index (χ3v) is 8.08. The van der Waals surface area contributed by atoms with Gasteiger partial charge in [-0.3, -0.25) is 4.79 Å². The molecule has 0 radical (unpaired) electrons. The van der Waals surface area contributed by atoms with Crippen LogP contribution in [0.3, 0.4) is 0 Å². The molecule has 1 aromatic heterocycles. The van der Waals surface area contributed by atoms with Crippen LogP contribution in [0.25, 0.3) is 0 Å². The Morgan fingerprint density at radius 1 is 1.23 bits per heavy atom. The van der Waals surface area contributed by atoms with Gasteiger partial charge >= 0.3 is 0 Å². The third-order valence-electron chi connectivity index (χ3n) is 5.90. The summed E-state index contributed by atoms with van der Waals surface area (Å²) in [4.78, 5) is 15.2. The van der Waals surface area contributed by atoms with Gasteiger partial charge in [-0.25, -0.2) is 12.8 Å². The Kier molecular flexibility index (Phi) is 5.92. The molecule has 2 heterocycles. The highest BCUT2D eigenvalue weighted by Gasteiger charge is 2.41. The molecule has 1 amide bonds. The van der Waals surface area contributed by atoms with Gasteiger partial charge in [-0.1, -0.05) is 11.6 Å². The minimum atomic E-state index is -3.78. The van der Waals surface area contributed by atoms with Crippen molar-refractivity contribution in [1.29, 1.82) is 0 Å². The molecule has 30 heavy (non-hydrogen) atoms. The molecule has 1 aromatic carbocycles. The normalized spacial score (nSPS) is 19.6. The summed E-state index contributed by atoms with van der Waals surface area (Å²) in [5, 5.41) is -0.229. The molecule has 162 valence electrons. The Labute approximate surface area is 180 Å². The van der Waals surface area contributed by atoms with Gasteiger partial charge in [-0.2, -0.15) is 4.31 Å². The lowest BCUT2D eigenvalue weighted by molar-refractivity contribution is -0.140. The number of furan rings is 1. The summed E-state index contributed by atoms with van der Waals surface area (Å²) < 4.78 is 46.0. The van der Waals surface area contributed by atoms with Gasteiger partial charge in [0.1, 0.15) is 11.6 Å². The predicted octanol–water partition coefficient (Wildman–Crippen LogP) is 4.23. The molecule has 1 saturated carbocycles. The van der Waals surface area contributed by atoms with Gasteiger partial charge in [0.2, 0.25) is 15.9 Å². The average Bonchev–Trinajstić information content (AvgIpc) is 3.41. The lowest BCUT2D eigenvalue weighted by atomic mass is 9.95. The van der Waals surface area contributed by atoms with Crippen LogP contribution in [0.15, 0.2) is 45.9 Å². The van der Waals surface area contributed by atoms with Crippen molar-refractivity contribution in [1.82, 2.24) is 9.21 Å². The molecule has 2 aromatic rings. The Morgan fingerprint density at radius 2 is 1.93 bits per heavy atom. The smallest absolute Gasteiger partial charge is 0.243 e. The number of hydrogen-bond donors (Lipinski definition) is 0. The fourth-order valence-corrected chi connectivity index (χ4v) is 5.79. The number of amides is 1. The molecule has 9 heteroatoms. The highest BCUT2D eigenvalue weighted by Crippen LogP contribution is 2.37. The minimum Gasteiger partial charge on any atom is -0.467 e. The van der Waals surface area contributed by atoms with Crippen molar-refractivity contribution in [3.05, 3.63) is 53.2 Å². The second kappa shape index (κ2) is 8.32. The molecular weight excluding hydrogens is 431 g/mol. The molecule has 4 rings (SSSR count). The molecule has 1 aliphatic carbocycles. The van der Waals surface area contributed by atoms with Crippen molar-refractivity contribution >= 4 is 27.5 Å². The quantitative estimate of drug-likeness (QED) is 0.655. The summed E-state index contributed by atoms with van der Waals surface area (Å²) in [6.07, 6.45) is 4.46. The van der Waals surface area contributed by atoms with Gasteiger partial charge in [0.25, 0.3) is 0 Å². The number of sulfonamides is 1. The van der Waals surface area contributed by atoms with E-state index < -0.39 is 15.8 Å². The van der Waals surface area contributed by atoms with Gasteiger partial charge < -0.3 is 9.32 Å². The van der Waals surface area contributed by atoms with Crippen LogP contribution in [0.4, 0.5) is 4.39 Å². The summed E-state index contributed by atoms with van der Waals surface area (Å²) in [5.41, 5.74) is 0. The van der Waals surface area contributed by atoms with Crippen LogP contribution in [-0.4, -0.2) is 42.7 Å². The first-order chi connectivity index (χ1) is 14.3. The Bertz CT molecular complexity index is 1020. The van der Waals surface area contributed by atoms with Gasteiger partial charge in [0.15, 0.2) is 0 Å². The zero-order valence-electron chi connectivity index (χ0n) is 16.6. The highest BCUT2D eigenvalue weighted by molar-refractivity contribution is 7.89. The van der Waals surface area contributed by atoms with Gasteiger partial charge in [0.05, 0.1) is 22.2 Å². The number of nitrogens with zero attached hydrogens (tertiary/aromatic N) is 2. The highest BCUT2D eigenvalue weighted by atomic mass is 35.5. The number of halogens is 2. The SMILES string of the molecule is CC(c1ccco1)N(C(=O)C1CCN(S(=O)(=O)c2ccc(F)c(Cl)c2)CC1)C1CC1. The minimum absolute atomic E-state index is 0.0373. The summed E-state index contributed by atoms with van der Waals surface area (Å²) in [6.45, 7) is 2.44. The van der Waals surface area contributed by atoms with E-state index in [0.29, 0.717) is 12.8 Å². The molecule has 1 aliphatic heterocycles. The van der Waals surface area contributed by atoms with Crippen molar-refractivity contribution in [2.45, 2.75) is 49.6 Å². The van der Waals surface area contributed by atoms with Crippen LogP contribution in [-0.2, 0) is 14.8 Å². The fourth-order valence-electron chi connectivity index (χ4n) is 4.05.